The molecule has 5 rings (SSSR count). The van der Waals surface area contributed by atoms with Gasteiger partial charge in [-0.1, -0.05) is 18.6 Å². The van der Waals surface area contributed by atoms with E-state index in [2.05, 4.69) is 13.0 Å². The molecule has 1 aromatic rings. The van der Waals surface area contributed by atoms with Crippen LogP contribution < -0.4 is 0 Å². The van der Waals surface area contributed by atoms with Crippen LogP contribution in [0.1, 0.15) is 81.1 Å². The molecule has 34 heavy (non-hydrogen) atoms. The Hall–Kier alpha value is -2.15. The molecule has 1 aliphatic heterocycles. The zero-order valence-corrected chi connectivity index (χ0v) is 19.7. The maximum Gasteiger partial charge on any atom is 0.416 e. The number of piperidine rings is 1. The van der Waals surface area contributed by atoms with Gasteiger partial charge in [0.15, 0.2) is 0 Å². The SMILES string of the molecule is C[C@]12CC[C@H](O)CC1=CC[C@@H]1[C@@H]2CC[C@@]2(C)[C@H]1CCC(=O)N2C(=O)c1ccc(C(F)(F)F)cc1. The number of amides is 2. The van der Waals surface area contributed by atoms with E-state index in [1.807, 2.05) is 6.92 Å². The second kappa shape index (κ2) is 7.94. The fourth-order valence-electron chi connectivity index (χ4n) is 7.70. The molecule has 1 aromatic carbocycles. The first kappa shape index (κ1) is 23.6. The fraction of sp³-hybridized carbons (Fsp3) is 0.630. The Balaban J connectivity index is 1.45. The number of fused-ring (bicyclic) bond motifs is 5. The minimum Gasteiger partial charge on any atom is -0.393 e. The Bertz CT molecular complexity index is 1030. The maximum absolute atomic E-state index is 13.5. The van der Waals surface area contributed by atoms with E-state index in [0.29, 0.717) is 18.3 Å². The van der Waals surface area contributed by atoms with Gasteiger partial charge in [-0.2, -0.15) is 13.2 Å². The Morgan fingerprint density at radius 3 is 2.44 bits per heavy atom. The maximum atomic E-state index is 13.5. The molecular weight excluding hydrogens is 443 g/mol. The van der Waals surface area contributed by atoms with E-state index < -0.39 is 23.2 Å². The van der Waals surface area contributed by atoms with E-state index in [0.717, 1.165) is 50.7 Å². The first-order valence-electron chi connectivity index (χ1n) is 12.4. The molecule has 1 saturated heterocycles. The number of carbonyl (C=O) groups is 2. The molecule has 7 heteroatoms. The van der Waals surface area contributed by atoms with Crippen molar-refractivity contribution in [3.63, 3.8) is 0 Å². The molecular formula is C27H32F3NO3. The molecule has 0 bridgehead atoms. The van der Waals surface area contributed by atoms with Gasteiger partial charge in [0, 0.05) is 12.0 Å². The highest BCUT2D eigenvalue weighted by atomic mass is 19.4. The number of likely N-dealkylation sites (tertiary alicyclic amines) is 1. The average molecular weight is 476 g/mol. The summed E-state index contributed by atoms with van der Waals surface area (Å²) in [4.78, 5) is 28.0. The van der Waals surface area contributed by atoms with Crippen LogP contribution in [0, 0.1) is 23.2 Å². The summed E-state index contributed by atoms with van der Waals surface area (Å²) in [6, 6.07) is 4.18. The standard InChI is InChI=1S/C27H32F3NO3/c1-25-13-11-19(32)15-18(25)7-8-20-21(25)12-14-26(2)22(20)9-10-23(33)31(26)24(34)16-3-5-17(6-4-16)27(28,29)30/h3-7,19-22,32H,8-15H2,1-2H3/t19-,20+,21-,22-,25-,26-/m0/s1. The van der Waals surface area contributed by atoms with Crippen LogP contribution in [0.5, 0.6) is 0 Å². The van der Waals surface area contributed by atoms with Crippen molar-refractivity contribution in [1.82, 2.24) is 4.90 Å². The lowest BCUT2D eigenvalue weighted by molar-refractivity contribution is -0.150. The monoisotopic (exact) mass is 475 g/mol. The van der Waals surface area contributed by atoms with Crippen molar-refractivity contribution in [2.75, 3.05) is 0 Å². The smallest absolute Gasteiger partial charge is 0.393 e. The van der Waals surface area contributed by atoms with E-state index in [-0.39, 0.29) is 35.3 Å². The predicted molar refractivity (Wildman–Crippen MR) is 121 cm³/mol. The molecule has 4 aliphatic rings. The molecule has 0 spiro atoms. The largest absolute Gasteiger partial charge is 0.416 e. The lowest BCUT2D eigenvalue weighted by atomic mass is 9.48. The van der Waals surface area contributed by atoms with Crippen molar-refractivity contribution >= 4 is 11.8 Å². The summed E-state index contributed by atoms with van der Waals surface area (Å²) in [6.45, 7) is 4.32. The van der Waals surface area contributed by atoms with Crippen molar-refractivity contribution in [2.45, 2.75) is 83.0 Å². The summed E-state index contributed by atoms with van der Waals surface area (Å²) >= 11 is 0. The van der Waals surface area contributed by atoms with Gasteiger partial charge < -0.3 is 5.11 Å². The number of imide groups is 1. The van der Waals surface area contributed by atoms with Crippen LogP contribution in [0.4, 0.5) is 13.2 Å². The molecule has 184 valence electrons. The van der Waals surface area contributed by atoms with Crippen LogP contribution in [0.15, 0.2) is 35.9 Å². The second-order valence-electron chi connectivity index (χ2n) is 11.2. The number of aliphatic hydroxyl groups excluding tert-OH is 1. The first-order chi connectivity index (χ1) is 15.9. The summed E-state index contributed by atoms with van der Waals surface area (Å²) in [6.07, 6.45) is 3.54. The van der Waals surface area contributed by atoms with Crippen LogP contribution in [0.25, 0.3) is 0 Å². The third-order valence-electron chi connectivity index (χ3n) is 9.53. The minimum absolute atomic E-state index is 0.0488. The quantitative estimate of drug-likeness (QED) is 0.416. The van der Waals surface area contributed by atoms with E-state index in [1.54, 1.807) is 0 Å². The van der Waals surface area contributed by atoms with Gasteiger partial charge in [0.2, 0.25) is 5.91 Å². The van der Waals surface area contributed by atoms with Crippen molar-refractivity contribution < 1.29 is 27.9 Å². The summed E-state index contributed by atoms with van der Waals surface area (Å²) in [7, 11) is 0. The summed E-state index contributed by atoms with van der Waals surface area (Å²) in [5.74, 6) is 0.224. The van der Waals surface area contributed by atoms with Crippen LogP contribution >= 0.6 is 0 Å². The summed E-state index contributed by atoms with van der Waals surface area (Å²) in [5, 5.41) is 10.2. The minimum atomic E-state index is -4.48. The highest BCUT2D eigenvalue weighted by Gasteiger charge is 2.59. The lowest BCUT2D eigenvalue weighted by Crippen LogP contribution is -2.65. The topological polar surface area (TPSA) is 57.6 Å². The Morgan fingerprint density at radius 2 is 1.76 bits per heavy atom. The fourth-order valence-corrected chi connectivity index (χ4v) is 7.70. The van der Waals surface area contributed by atoms with E-state index in [4.69, 9.17) is 0 Å². The summed E-state index contributed by atoms with van der Waals surface area (Å²) < 4.78 is 38.9. The number of alkyl halides is 3. The number of carbonyl (C=O) groups excluding carboxylic acids is 2. The van der Waals surface area contributed by atoms with Gasteiger partial charge in [-0.05, 0) is 99.3 Å². The highest BCUT2D eigenvalue weighted by molar-refractivity contribution is 6.05. The van der Waals surface area contributed by atoms with Crippen LogP contribution in [-0.2, 0) is 11.0 Å². The average Bonchev–Trinajstić information content (AvgIpc) is 2.78. The number of nitrogens with zero attached hydrogens (tertiary/aromatic N) is 1. The normalized spacial score (nSPS) is 37.9. The second-order valence-corrected chi connectivity index (χ2v) is 11.2. The van der Waals surface area contributed by atoms with Gasteiger partial charge in [0.05, 0.1) is 17.2 Å². The molecule has 2 amide bonds. The third-order valence-corrected chi connectivity index (χ3v) is 9.53. The van der Waals surface area contributed by atoms with Crippen molar-refractivity contribution in [1.29, 1.82) is 0 Å². The van der Waals surface area contributed by atoms with Crippen LogP contribution in [0.2, 0.25) is 0 Å². The Morgan fingerprint density at radius 1 is 1.06 bits per heavy atom. The third kappa shape index (κ3) is 3.53. The van der Waals surface area contributed by atoms with Crippen LogP contribution in [0.3, 0.4) is 0 Å². The molecule has 6 atom stereocenters. The van der Waals surface area contributed by atoms with E-state index >= 15 is 0 Å². The van der Waals surface area contributed by atoms with Gasteiger partial charge in [-0.25, -0.2) is 0 Å². The molecule has 2 saturated carbocycles. The number of rotatable bonds is 1. The van der Waals surface area contributed by atoms with Gasteiger partial charge in [-0.3, -0.25) is 14.5 Å². The number of hydrogen-bond acceptors (Lipinski definition) is 3. The van der Waals surface area contributed by atoms with Crippen molar-refractivity contribution in [3.05, 3.63) is 47.0 Å². The van der Waals surface area contributed by atoms with Crippen LogP contribution in [-0.4, -0.2) is 33.5 Å². The van der Waals surface area contributed by atoms with Gasteiger partial charge in [-0.15, -0.1) is 0 Å². The molecule has 1 heterocycles. The number of halogens is 3. The molecule has 0 radical (unpaired) electrons. The Labute approximate surface area is 198 Å². The van der Waals surface area contributed by atoms with Gasteiger partial charge >= 0.3 is 6.18 Å². The van der Waals surface area contributed by atoms with Crippen molar-refractivity contribution in [2.24, 2.45) is 23.2 Å². The zero-order chi connectivity index (χ0) is 24.5. The number of aliphatic hydroxyl groups is 1. The van der Waals surface area contributed by atoms with Crippen molar-refractivity contribution in [3.8, 4) is 0 Å². The van der Waals surface area contributed by atoms with Gasteiger partial charge in [0.1, 0.15) is 0 Å². The number of hydrogen-bond donors (Lipinski definition) is 1. The predicted octanol–water partition coefficient (Wildman–Crippen LogP) is 5.75. The Kier molecular flexibility index (Phi) is 5.51. The molecule has 4 nitrogen and oxygen atoms in total. The number of benzene rings is 1. The molecule has 3 fully saturated rings. The molecule has 3 aliphatic carbocycles. The highest BCUT2D eigenvalue weighted by Crippen LogP contribution is 2.61. The van der Waals surface area contributed by atoms with E-state index in [1.165, 1.54) is 22.6 Å². The number of allylic oxidation sites excluding steroid dienone is 1. The lowest BCUT2D eigenvalue weighted by Gasteiger charge is -2.61. The van der Waals surface area contributed by atoms with E-state index in [9.17, 15) is 27.9 Å². The summed E-state index contributed by atoms with van der Waals surface area (Å²) in [5.41, 5.74) is 0.0682. The first-order valence-corrected chi connectivity index (χ1v) is 12.4. The van der Waals surface area contributed by atoms with Gasteiger partial charge in [0.25, 0.3) is 5.91 Å². The molecule has 1 N–H and O–H groups in total. The molecule has 0 unspecified atom stereocenters. The zero-order valence-electron chi connectivity index (χ0n) is 19.7. The molecule has 0 aromatic heterocycles.